The molecule has 2 rings (SSSR count). The number of carbonyl (C=O) groups is 1. The fourth-order valence-corrected chi connectivity index (χ4v) is 3.52. The second-order valence-corrected chi connectivity index (χ2v) is 6.43. The Morgan fingerprint density at radius 2 is 2.26 bits per heavy atom. The molecule has 0 saturated carbocycles. The number of ether oxygens (including phenoxy) is 1. The fraction of sp³-hybridized carbons (Fsp3) is 0.846. The molecule has 2 aliphatic heterocycles. The van der Waals surface area contributed by atoms with Gasteiger partial charge in [0.05, 0.1) is 12.1 Å². The zero-order chi connectivity index (χ0) is 13.7. The SMILES string of the molecule is CC(C)NC(=O)CCN=C1NC2(CCOCC2)CS1. The number of nitrogens with one attached hydrogen (secondary N) is 2. The van der Waals surface area contributed by atoms with E-state index in [9.17, 15) is 4.79 Å². The number of thioether (sulfide) groups is 1. The van der Waals surface area contributed by atoms with E-state index in [1.165, 1.54) is 0 Å². The Morgan fingerprint density at radius 1 is 1.53 bits per heavy atom. The van der Waals surface area contributed by atoms with Gasteiger partial charge in [0.25, 0.3) is 0 Å². The Hall–Kier alpha value is -0.750. The third-order valence-corrected chi connectivity index (χ3v) is 4.55. The van der Waals surface area contributed by atoms with Crippen LogP contribution >= 0.6 is 11.8 Å². The van der Waals surface area contributed by atoms with Gasteiger partial charge < -0.3 is 15.4 Å². The van der Waals surface area contributed by atoms with Crippen LogP contribution < -0.4 is 10.6 Å². The number of amides is 1. The van der Waals surface area contributed by atoms with Crippen LogP contribution in [0.3, 0.4) is 0 Å². The smallest absolute Gasteiger partial charge is 0.222 e. The van der Waals surface area contributed by atoms with E-state index in [4.69, 9.17) is 4.74 Å². The Kier molecular flexibility index (Phi) is 5.10. The first-order chi connectivity index (χ1) is 9.10. The summed E-state index contributed by atoms with van der Waals surface area (Å²) in [6.07, 6.45) is 2.56. The first-order valence-electron chi connectivity index (χ1n) is 6.92. The summed E-state index contributed by atoms with van der Waals surface area (Å²) in [5, 5.41) is 7.38. The molecule has 2 N–H and O–H groups in total. The summed E-state index contributed by atoms with van der Waals surface area (Å²) in [7, 11) is 0. The molecule has 19 heavy (non-hydrogen) atoms. The maximum atomic E-state index is 11.5. The van der Waals surface area contributed by atoms with E-state index in [-0.39, 0.29) is 17.5 Å². The number of carbonyl (C=O) groups excluding carboxylic acids is 1. The lowest BCUT2D eigenvalue weighted by Gasteiger charge is -2.32. The van der Waals surface area contributed by atoms with Gasteiger partial charge in [-0.05, 0) is 26.7 Å². The molecule has 0 bridgehead atoms. The average molecular weight is 285 g/mol. The van der Waals surface area contributed by atoms with Crippen molar-refractivity contribution in [3.63, 3.8) is 0 Å². The van der Waals surface area contributed by atoms with Crippen molar-refractivity contribution in [2.24, 2.45) is 4.99 Å². The van der Waals surface area contributed by atoms with Crippen LogP contribution in [-0.2, 0) is 9.53 Å². The van der Waals surface area contributed by atoms with Gasteiger partial charge in [0, 0.05) is 31.4 Å². The molecule has 0 aliphatic carbocycles. The number of rotatable bonds is 4. The lowest BCUT2D eigenvalue weighted by Crippen LogP contribution is -2.48. The largest absolute Gasteiger partial charge is 0.381 e. The quantitative estimate of drug-likeness (QED) is 0.813. The first kappa shape index (κ1) is 14.7. The molecule has 0 aromatic heterocycles. The minimum absolute atomic E-state index is 0.0723. The maximum Gasteiger partial charge on any atom is 0.222 e. The van der Waals surface area contributed by atoms with Gasteiger partial charge in [-0.2, -0.15) is 0 Å². The Balaban J connectivity index is 1.74. The molecule has 0 aromatic carbocycles. The van der Waals surface area contributed by atoms with E-state index in [0.29, 0.717) is 13.0 Å². The third-order valence-electron chi connectivity index (χ3n) is 3.35. The standard InChI is InChI=1S/C13H23N3O2S/c1-10(2)15-11(17)3-6-14-12-16-13(9-19-12)4-7-18-8-5-13/h10H,3-9H2,1-2H3,(H,14,16)(H,15,17). The summed E-state index contributed by atoms with van der Waals surface area (Å²) < 4.78 is 5.40. The summed E-state index contributed by atoms with van der Waals surface area (Å²) in [6, 6.07) is 0.199. The molecule has 2 fully saturated rings. The van der Waals surface area contributed by atoms with Crippen molar-refractivity contribution in [3.8, 4) is 0 Å². The lowest BCUT2D eigenvalue weighted by molar-refractivity contribution is -0.121. The molecule has 5 nitrogen and oxygen atoms in total. The third kappa shape index (κ3) is 4.38. The normalized spacial score (nSPS) is 23.8. The molecule has 1 spiro atoms. The van der Waals surface area contributed by atoms with E-state index >= 15 is 0 Å². The molecule has 2 heterocycles. The summed E-state index contributed by atoms with van der Waals surface area (Å²) in [4.78, 5) is 16.0. The molecule has 2 saturated heterocycles. The first-order valence-corrected chi connectivity index (χ1v) is 7.91. The molecule has 6 heteroatoms. The van der Waals surface area contributed by atoms with Crippen LogP contribution in [0.15, 0.2) is 4.99 Å². The summed E-state index contributed by atoms with van der Waals surface area (Å²) >= 11 is 1.76. The molecule has 0 radical (unpaired) electrons. The van der Waals surface area contributed by atoms with Crippen molar-refractivity contribution in [1.82, 2.24) is 10.6 Å². The molecule has 0 aromatic rings. The highest BCUT2D eigenvalue weighted by molar-refractivity contribution is 8.14. The second-order valence-electron chi connectivity index (χ2n) is 5.47. The average Bonchev–Trinajstić information content (AvgIpc) is 2.72. The number of hydrogen-bond donors (Lipinski definition) is 2. The molecule has 2 aliphatic rings. The van der Waals surface area contributed by atoms with Crippen LogP contribution in [0.1, 0.15) is 33.1 Å². The van der Waals surface area contributed by atoms with Crippen LogP contribution in [0.4, 0.5) is 0 Å². The summed E-state index contributed by atoms with van der Waals surface area (Å²) in [6.45, 7) is 6.15. The van der Waals surface area contributed by atoms with Crippen molar-refractivity contribution in [2.75, 3.05) is 25.5 Å². The van der Waals surface area contributed by atoms with E-state index in [0.717, 1.165) is 37.0 Å². The highest BCUT2D eigenvalue weighted by atomic mass is 32.2. The van der Waals surface area contributed by atoms with Gasteiger partial charge in [-0.25, -0.2) is 0 Å². The van der Waals surface area contributed by atoms with Crippen LogP contribution in [0, 0.1) is 0 Å². The topological polar surface area (TPSA) is 62.7 Å². The van der Waals surface area contributed by atoms with E-state index in [1.54, 1.807) is 11.8 Å². The van der Waals surface area contributed by atoms with Crippen LogP contribution in [0.25, 0.3) is 0 Å². The molecule has 108 valence electrons. The molecule has 1 amide bonds. The number of aliphatic imine (C=N–C) groups is 1. The highest BCUT2D eigenvalue weighted by Crippen LogP contribution is 2.31. The van der Waals surface area contributed by atoms with Gasteiger partial charge in [0.1, 0.15) is 0 Å². The highest BCUT2D eigenvalue weighted by Gasteiger charge is 2.38. The van der Waals surface area contributed by atoms with Crippen molar-refractivity contribution < 1.29 is 9.53 Å². The van der Waals surface area contributed by atoms with Crippen molar-refractivity contribution in [3.05, 3.63) is 0 Å². The van der Waals surface area contributed by atoms with Gasteiger partial charge in [0.15, 0.2) is 5.17 Å². The molecular weight excluding hydrogens is 262 g/mol. The van der Waals surface area contributed by atoms with Crippen molar-refractivity contribution >= 4 is 22.8 Å². The number of nitrogens with zero attached hydrogens (tertiary/aromatic N) is 1. The second kappa shape index (κ2) is 6.61. The predicted octanol–water partition coefficient (Wildman–Crippen LogP) is 1.14. The van der Waals surface area contributed by atoms with Crippen molar-refractivity contribution in [2.45, 2.75) is 44.7 Å². The van der Waals surface area contributed by atoms with Crippen LogP contribution in [-0.4, -0.2) is 48.2 Å². The summed E-state index contributed by atoms with van der Waals surface area (Å²) in [5.74, 6) is 1.14. The van der Waals surface area contributed by atoms with Gasteiger partial charge in [-0.15, -0.1) is 0 Å². The van der Waals surface area contributed by atoms with Gasteiger partial charge in [-0.3, -0.25) is 9.79 Å². The minimum Gasteiger partial charge on any atom is -0.381 e. The van der Waals surface area contributed by atoms with Crippen LogP contribution in [0.2, 0.25) is 0 Å². The zero-order valence-electron chi connectivity index (χ0n) is 11.7. The lowest BCUT2D eigenvalue weighted by atomic mass is 9.93. The predicted molar refractivity (Wildman–Crippen MR) is 78.6 cm³/mol. The van der Waals surface area contributed by atoms with Gasteiger partial charge >= 0.3 is 0 Å². The maximum absolute atomic E-state index is 11.5. The Labute approximate surface area is 119 Å². The molecular formula is C13H23N3O2S. The summed E-state index contributed by atoms with van der Waals surface area (Å²) in [5.41, 5.74) is 0.182. The number of hydrogen-bond acceptors (Lipinski definition) is 4. The molecule has 0 unspecified atom stereocenters. The van der Waals surface area contributed by atoms with Gasteiger partial charge in [0.2, 0.25) is 5.91 Å². The Bertz CT molecular complexity index is 352. The zero-order valence-corrected chi connectivity index (χ0v) is 12.5. The monoisotopic (exact) mass is 285 g/mol. The van der Waals surface area contributed by atoms with E-state index in [2.05, 4.69) is 15.6 Å². The molecule has 0 atom stereocenters. The van der Waals surface area contributed by atoms with E-state index < -0.39 is 0 Å². The van der Waals surface area contributed by atoms with Crippen LogP contribution in [0.5, 0.6) is 0 Å². The minimum atomic E-state index is 0.0723. The fourth-order valence-electron chi connectivity index (χ4n) is 2.28. The number of amidine groups is 1. The van der Waals surface area contributed by atoms with E-state index in [1.807, 2.05) is 13.8 Å². The van der Waals surface area contributed by atoms with Crippen molar-refractivity contribution in [1.29, 1.82) is 0 Å². The van der Waals surface area contributed by atoms with Gasteiger partial charge in [-0.1, -0.05) is 11.8 Å². The Morgan fingerprint density at radius 3 is 2.95 bits per heavy atom.